The second kappa shape index (κ2) is 7.57. The summed E-state index contributed by atoms with van der Waals surface area (Å²) in [5.41, 5.74) is 1.08. The molecular formula is C14H21N3O4S. The molecule has 0 spiro atoms. The van der Waals surface area contributed by atoms with Crippen LogP contribution in [0.3, 0.4) is 0 Å². The Labute approximate surface area is 130 Å². The van der Waals surface area contributed by atoms with Crippen LogP contribution in [0.4, 0.5) is 11.4 Å². The van der Waals surface area contributed by atoms with Crippen molar-refractivity contribution in [2.24, 2.45) is 0 Å². The van der Waals surface area contributed by atoms with Crippen LogP contribution >= 0.6 is 0 Å². The Kier molecular flexibility index (Phi) is 5.76. The lowest BCUT2D eigenvalue weighted by molar-refractivity contribution is -0.120. The fourth-order valence-electron chi connectivity index (χ4n) is 2.08. The third-order valence-electron chi connectivity index (χ3n) is 3.14. The van der Waals surface area contributed by atoms with E-state index in [9.17, 15) is 13.2 Å². The Balaban J connectivity index is 1.92. The molecule has 0 radical (unpaired) electrons. The molecule has 122 valence electrons. The second-order valence-corrected chi connectivity index (χ2v) is 6.91. The van der Waals surface area contributed by atoms with Gasteiger partial charge in [-0.05, 0) is 30.7 Å². The van der Waals surface area contributed by atoms with Gasteiger partial charge in [0, 0.05) is 17.9 Å². The van der Waals surface area contributed by atoms with Gasteiger partial charge in [0.15, 0.2) is 0 Å². The lowest BCUT2D eigenvalue weighted by Gasteiger charge is -2.22. The van der Waals surface area contributed by atoms with E-state index in [1.165, 1.54) is 0 Å². The van der Waals surface area contributed by atoms with Gasteiger partial charge in [-0.15, -0.1) is 0 Å². The van der Waals surface area contributed by atoms with Crippen LogP contribution in [0.1, 0.15) is 13.3 Å². The molecular weight excluding hydrogens is 306 g/mol. The van der Waals surface area contributed by atoms with Crippen molar-refractivity contribution >= 4 is 27.3 Å². The molecule has 1 amide bonds. The minimum absolute atomic E-state index is 0.0822. The van der Waals surface area contributed by atoms with Crippen molar-refractivity contribution < 1.29 is 17.9 Å². The zero-order chi connectivity index (χ0) is 16.0. The maximum atomic E-state index is 12.0. The van der Waals surface area contributed by atoms with E-state index in [2.05, 4.69) is 15.4 Å². The van der Waals surface area contributed by atoms with Crippen molar-refractivity contribution in [1.29, 1.82) is 0 Å². The predicted molar refractivity (Wildman–Crippen MR) is 85.4 cm³/mol. The standard InChI is InChI=1S/C14H21N3O4S/c1-2-9-22(19,20)17-12-5-3-11(4-6-12)16-14(18)13-10-21-8-7-15-13/h3-6,13,15,17H,2,7-10H2,1H3,(H,16,18). The van der Waals surface area contributed by atoms with Crippen LogP contribution in [0.2, 0.25) is 0 Å². The number of carbonyl (C=O) groups excluding carboxylic acids is 1. The Morgan fingerprint density at radius 1 is 1.32 bits per heavy atom. The molecule has 0 bridgehead atoms. The summed E-state index contributed by atoms with van der Waals surface area (Å²) in [7, 11) is -3.30. The molecule has 0 aromatic heterocycles. The van der Waals surface area contributed by atoms with Crippen molar-refractivity contribution in [3.63, 3.8) is 0 Å². The first kappa shape index (κ1) is 16.7. The van der Waals surface area contributed by atoms with Gasteiger partial charge in [-0.1, -0.05) is 6.92 Å². The quantitative estimate of drug-likeness (QED) is 0.717. The minimum atomic E-state index is -3.30. The molecule has 22 heavy (non-hydrogen) atoms. The zero-order valence-electron chi connectivity index (χ0n) is 12.5. The summed E-state index contributed by atoms with van der Waals surface area (Å²) < 4.78 is 31.1. The van der Waals surface area contributed by atoms with Crippen LogP contribution in [0.25, 0.3) is 0 Å². The summed E-state index contributed by atoms with van der Waals surface area (Å²) >= 11 is 0. The van der Waals surface area contributed by atoms with Crippen LogP contribution in [-0.4, -0.2) is 45.9 Å². The van der Waals surface area contributed by atoms with Crippen LogP contribution in [-0.2, 0) is 19.6 Å². The van der Waals surface area contributed by atoms with E-state index in [1.54, 1.807) is 31.2 Å². The van der Waals surface area contributed by atoms with Crippen molar-refractivity contribution in [3.05, 3.63) is 24.3 Å². The van der Waals surface area contributed by atoms with Gasteiger partial charge in [0.1, 0.15) is 6.04 Å². The molecule has 8 heteroatoms. The molecule has 2 rings (SSSR count). The van der Waals surface area contributed by atoms with Gasteiger partial charge in [0.25, 0.3) is 0 Å². The fraction of sp³-hybridized carbons (Fsp3) is 0.500. The molecule has 1 aromatic rings. The smallest absolute Gasteiger partial charge is 0.243 e. The number of carbonyl (C=O) groups is 1. The van der Waals surface area contributed by atoms with E-state index in [4.69, 9.17) is 4.74 Å². The number of nitrogens with one attached hydrogen (secondary N) is 3. The Bertz CT molecular complexity index is 595. The van der Waals surface area contributed by atoms with Gasteiger partial charge in [-0.3, -0.25) is 9.52 Å². The first-order chi connectivity index (χ1) is 10.5. The normalized spacial score (nSPS) is 18.7. The lowest BCUT2D eigenvalue weighted by atomic mass is 10.2. The summed E-state index contributed by atoms with van der Waals surface area (Å²) in [5.74, 6) is -0.0854. The molecule has 7 nitrogen and oxygen atoms in total. The zero-order valence-corrected chi connectivity index (χ0v) is 13.3. The van der Waals surface area contributed by atoms with E-state index in [0.717, 1.165) is 0 Å². The van der Waals surface area contributed by atoms with Gasteiger partial charge in [-0.25, -0.2) is 8.42 Å². The summed E-state index contributed by atoms with van der Waals surface area (Å²) in [4.78, 5) is 12.0. The molecule has 1 fully saturated rings. The highest BCUT2D eigenvalue weighted by molar-refractivity contribution is 7.92. The summed E-state index contributed by atoms with van der Waals surface area (Å²) in [6, 6.07) is 6.19. The molecule has 3 N–H and O–H groups in total. The average molecular weight is 327 g/mol. The summed E-state index contributed by atoms with van der Waals surface area (Å²) in [5, 5.41) is 5.84. The van der Waals surface area contributed by atoms with Crippen molar-refractivity contribution in [3.8, 4) is 0 Å². The highest BCUT2D eigenvalue weighted by Gasteiger charge is 2.21. The molecule has 1 heterocycles. The highest BCUT2D eigenvalue weighted by atomic mass is 32.2. The number of sulfonamides is 1. The molecule has 0 aliphatic carbocycles. The Morgan fingerprint density at radius 2 is 2.00 bits per heavy atom. The van der Waals surface area contributed by atoms with Gasteiger partial charge >= 0.3 is 0 Å². The number of rotatable bonds is 6. The molecule has 1 unspecified atom stereocenters. The number of hydrogen-bond donors (Lipinski definition) is 3. The average Bonchev–Trinajstić information content (AvgIpc) is 2.49. The minimum Gasteiger partial charge on any atom is -0.378 e. The number of amides is 1. The number of morpholine rings is 1. The predicted octanol–water partition coefficient (Wildman–Crippen LogP) is 0.765. The SMILES string of the molecule is CCCS(=O)(=O)Nc1ccc(NC(=O)C2COCCN2)cc1. The van der Waals surface area contributed by atoms with E-state index in [-0.39, 0.29) is 17.7 Å². The van der Waals surface area contributed by atoms with Gasteiger partial charge in [0.2, 0.25) is 15.9 Å². The molecule has 1 aromatic carbocycles. The first-order valence-electron chi connectivity index (χ1n) is 7.23. The Morgan fingerprint density at radius 3 is 2.59 bits per heavy atom. The molecule has 1 atom stereocenters. The van der Waals surface area contributed by atoms with Crippen LogP contribution < -0.4 is 15.4 Å². The van der Waals surface area contributed by atoms with Gasteiger partial charge in [-0.2, -0.15) is 0 Å². The second-order valence-electron chi connectivity index (χ2n) is 5.07. The van der Waals surface area contributed by atoms with Crippen molar-refractivity contribution in [2.45, 2.75) is 19.4 Å². The fourth-order valence-corrected chi connectivity index (χ4v) is 3.22. The lowest BCUT2D eigenvalue weighted by Crippen LogP contribution is -2.48. The van der Waals surface area contributed by atoms with Crippen molar-refractivity contribution in [1.82, 2.24) is 5.32 Å². The number of benzene rings is 1. The van der Waals surface area contributed by atoms with Gasteiger partial charge < -0.3 is 15.4 Å². The van der Waals surface area contributed by atoms with Crippen molar-refractivity contribution in [2.75, 3.05) is 35.6 Å². The third-order valence-corrected chi connectivity index (χ3v) is 4.63. The number of ether oxygens (including phenoxy) is 1. The van der Waals surface area contributed by atoms with Gasteiger partial charge in [0.05, 0.1) is 19.0 Å². The van der Waals surface area contributed by atoms with E-state index in [1.807, 2.05) is 0 Å². The van der Waals surface area contributed by atoms with Crippen LogP contribution in [0, 0.1) is 0 Å². The van der Waals surface area contributed by atoms with E-state index < -0.39 is 10.0 Å². The third kappa shape index (κ3) is 4.97. The molecule has 0 saturated carbocycles. The summed E-state index contributed by atoms with van der Waals surface area (Å²) in [6.07, 6.45) is 0.555. The number of hydrogen-bond acceptors (Lipinski definition) is 5. The molecule has 1 saturated heterocycles. The maximum Gasteiger partial charge on any atom is 0.243 e. The number of anilines is 2. The van der Waals surface area contributed by atoms with Crippen LogP contribution in [0.5, 0.6) is 0 Å². The monoisotopic (exact) mass is 327 g/mol. The highest BCUT2D eigenvalue weighted by Crippen LogP contribution is 2.15. The first-order valence-corrected chi connectivity index (χ1v) is 8.88. The largest absolute Gasteiger partial charge is 0.378 e. The molecule has 1 aliphatic heterocycles. The van der Waals surface area contributed by atoms with E-state index >= 15 is 0 Å². The summed E-state index contributed by atoms with van der Waals surface area (Å²) in [6.45, 7) is 3.41. The molecule has 1 aliphatic rings. The Hall–Kier alpha value is -1.64. The van der Waals surface area contributed by atoms with E-state index in [0.29, 0.717) is 37.6 Å². The maximum absolute atomic E-state index is 12.0. The van der Waals surface area contributed by atoms with Crippen LogP contribution in [0.15, 0.2) is 24.3 Å². The topological polar surface area (TPSA) is 96.5 Å².